The van der Waals surface area contributed by atoms with Crippen LogP contribution in [0.4, 0.5) is 4.39 Å². The van der Waals surface area contributed by atoms with Gasteiger partial charge in [0.2, 0.25) is 5.91 Å². The van der Waals surface area contributed by atoms with E-state index in [1.807, 2.05) is 30.3 Å². The first-order valence-corrected chi connectivity index (χ1v) is 10.1. The van der Waals surface area contributed by atoms with Gasteiger partial charge in [0, 0.05) is 23.3 Å². The van der Waals surface area contributed by atoms with E-state index in [0.29, 0.717) is 5.56 Å². The van der Waals surface area contributed by atoms with Crippen LogP contribution in [0.1, 0.15) is 27.4 Å². The van der Waals surface area contributed by atoms with Crippen LogP contribution in [0.3, 0.4) is 0 Å². The van der Waals surface area contributed by atoms with Crippen LogP contribution in [0.5, 0.6) is 5.75 Å². The van der Waals surface area contributed by atoms with Gasteiger partial charge in [-0.3, -0.25) is 4.79 Å². The summed E-state index contributed by atoms with van der Waals surface area (Å²) in [6.07, 6.45) is 0. The van der Waals surface area contributed by atoms with E-state index in [9.17, 15) is 4.79 Å². The normalized spacial score (nSPS) is 11.9. The highest BCUT2D eigenvalue weighted by molar-refractivity contribution is 6.33. The number of ether oxygens (including phenoxy) is 2. The van der Waals surface area contributed by atoms with Gasteiger partial charge in [-0.25, -0.2) is 4.39 Å². The molecule has 31 heavy (non-hydrogen) atoms. The van der Waals surface area contributed by atoms with Crippen molar-refractivity contribution < 1.29 is 18.7 Å². The Kier molecular flexibility index (Phi) is 7.63. The maximum atomic E-state index is 15.5. The summed E-state index contributed by atoms with van der Waals surface area (Å²) in [5, 5.41) is 0.260. The van der Waals surface area contributed by atoms with E-state index >= 15 is 4.39 Å². The average molecular weight is 442 g/mol. The van der Waals surface area contributed by atoms with E-state index in [1.165, 1.54) is 19.2 Å². The molecule has 0 fully saturated rings. The third-order valence-corrected chi connectivity index (χ3v) is 5.31. The smallest absolute Gasteiger partial charge is 0.249 e. The van der Waals surface area contributed by atoms with Crippen molar-refractivity contribution in [3.8, 4) is 16.9 Å². The highest BCUT2D eigenvalue weighted by Crippen LogP contribution is 2.39. The van der Waals surface area contributed by atoms with E-state index in [1.54, 1.807) is 18.2 Å². The van der Waals surface area contributed by atoms with Gasteiger partial charge in [-0.05, 0) is 41.3 Å². The largest absolute Gasteiger partial charge is 0.677 e. The lowest BCUT2D eigenvalue weighted by Gasteiger charge is -2.22. The van der Waals surface area contributed by atoms with Crippen molar-refractivity contribution in [1.29, 1.82) is 0 Å². The third-order valence-electron chi connectivity index (χ3n) is 4.99. The molecule has 0 radical (unpaired) electrons. The zero-order valence-electron chi connectivity index (χ0n) is 17.0. The molecule has 0 saturated carbocycles. The minimum Gasteiger partial charge on any atom is -0.677 e. The molecule has 0 aromatic heterocycles. The number of amides is 1. The van der Waals surface area contributed by atoms with Gasteiger partial charge in [0.1, 0.15) is 6.61 Å². The lowest BCUT2D eigenvalue weighted by molar-refractivity contribution is 0.100. The van der Waals surface area contributed by atoms with Crippen molar-refractivity contribution in [2.75, 3.05) is 26.9 Å². The van der Waals surface area contributed by atoms with Gasteiger partial charge >= 0.3 is 0 Å². The predicted molar refractivity (Wildman–Crippen MR) is 120 cm³/mol. The van der Waals surface area contributed by atoms with Crippen molar-refractivity contribution in [3.05, 3.63) is 93.9 Å². The molecule has 0 heterocycles. The van der Waals surface area contributed by atoms with E-state index in [4.69, 9.17) is 32.5 Å². The number of primary amides is 1. The van der Waals surface area contributed by atoms with Crippen molar-refractivity contribution >= 4 is 17.5 Å². The van der Waals surface area contributed by atoms with Gasteiger partial charge in [0.05, 0.1) is 12.2 Å². The summed E-state index contributed by atoms with van der Waals surface area (Å²) in [4.78, 5) is 12.0. The number of rotatable bonds is 9. The number of methoxy groups -OCH3 is 1. The number of benzene rings is 3. The topological polar surface area (TPSA) is 85.4 Å². The molecule has 1 amide bonds. The fraction of sp³-hybridized carbons (Fsp3) is 0.208. The molecule has 1 atom stereocenters. The Balaban J connectivity index is 2.14. The first kappa shape index (κ1) is 22.7. The molecule has 7 heteroatoms. The number of halogens is 2. The minimum absolute atomic E-state index is 0.00206. The number of carbonyl (C=O) groups excluding carboxylic acids is 1. The Morgan fingerprint density at radius 3 is 2.48 bits per heavy atom. The molecular formula is C24H23ClFN2O3-. The molecule has 0 aliphatic heterocycles. The second-order valence-corrected chi connectivity index (χ2v) is 7.32. The van der Waals surface area contributed by atoms with Crippen molar-refractivity contribution in [1.82, 2.24) is 0 Å². The molecule has 3 rings (SSSR count). The minimum atomic E-state index is -0.779. The third kappa shape index (κ3) is 5.05. The second-order valence-electron chi connectivity index (χ2n) is 6.91. The summed E-state index contributed by atoms with van der Waals surface area (Å²) in [5.41, 5.74) is 15.6. The van der Waals surface area contributed by atoms with Crippen molar-refractivity contribution in [2.45, 2.75) is 5.92 Å². The Bertz CT molecular complexity index is 1060. The van der Waals surface area contributed by atoms with E-state index in [2.05, 4.69) is 0 Å². The van der Waals surface area contributed by atoms with E-state index in [-0.39, 0.29) is 47.6 Å². The summed E-state index contributed by atoms with van der Waals surface area (Å²) in [6, 6.07) is 17.5. The molecule has 5 nitrogen and oxygen atoms in total. The molecule has 3 N–H and O–H groups in total. The van der Waals surface area contributed by atoms with Gasteiger partial charge in [0.25, 0.3) is 0 Å². The van der Waals surface area contributed by atoms with Crippen LogP contribution in [0.15, 0.2) is 60.7 Å². The lowest BCUT2D eigenvalue weighted by Crippen LogP contribution is -2.15. The van der Waals surface area contributed by atoms with Crippen molar-refractivity contribution in [2.24, 2.45) is 5.73 Å². The van der Waals surface area contributed by atoms with Crippen LogP contribution in [-0.4, -0.2) is 32.8 Å². The number of carbonyl (C=O) groups is 1. The molecule has 162 valence electrons. The van der Waals surface area contributed by atoms with Crippen LogP contribution in [-0.2, 0) is 4.74 Å². The number of nitrogens with two attached hydrogens (primary N) is 1. The molecule has 1 unspecified atom stereocenters. The van der Waals surface area contributed by atoms with Gasteiger partial charge in [0.15, 0.2) is 11.6 Å². The molecule has 0 spiro atoms. The molecular weight excluding hydrogens is 419 g/mol. The maximum absolute atomic E-state index is 15.5. The van der Waals surface area contributed by atoms with Gasteiger partial charge < -0.3 is 20.9 Å². The van der Waals surface area contributed by atoms with E-state index in [0.717, 1.165) is 11.1 Å². The first-order chi connectivity index (χ1) is 15.0. The molecule has 0 saturated heterocycles. The van der Waals surface area contributed by atoms with Crippen LogP contribution in [0.2, 0.25) is 5.02 Å². The van der Waals surface area contributed by atoms with Crippen LogP contribution in [0.25, 0.3) is 16.9 Å². The second kappa shape index (κ2) is 10.4. The summed E-state index contributed by atoms with van der Waals surface area (Å²) < 4.78 is 25.8. The quantitative estimate of drug-likeness (QED) is 0.448. The standard InChI is InChI=1S/C24H23ClFN2O3/c1-30-11-12-31-21-10-8-17(24(28)29)22(23(21)26)18-13-16(7-9-20(18)25)19(14-27)15-5-3-2-4-6-15/h2-10,13,19,27H,11-12,14H2,1H3,(H2,28,29)/q-1. The van der Waals surface area contributed by atoms with Crippen LogP contribution in [0, 0.1) is 5.82 Å². The maximum Gasteiger partial charge on any atom is 0.249 e. The number of nitrogens with one attached hydrogen (secondary N) is 1. The molecule has 0 aliphatic rings. The van der Waals surface area contributed by atoms with Crippen molar-refractivity contribution in [3.63, 3.8) is 0 Å². The zero-order valence-corrected chi connectivity index (χ0v) is 17.8. The highest BCUT2D eigenvalue weighted by atomic mass is 35.5. The predicted octanol–water partition coefficient (Wildman–Crippen LogP) is 5.45. The lowest BCUT2D eigenvalue weighted by atomic mass is 9.88. The molecule has 0 bridgehead atoms. The average Bonchev–Trinajstić information content (AvgIpc) is 2.77. The fourth-order valence-electron chi connectivity index (χ4n) is 3.44. The van der Waals surface area contributed by atoms with Gasteiger partial charge in [-0.1, -0.05) is 48.0 Å². The summed E-state index contributed by atoms with van der Waals surface area (Å²) in [5.74, 6) is -1.77. The summed E-state index contributed by atoms with van der Waals surface area (Å²) >= 11 is 6.43. The fourth-order valence-corrected chi connectivity index (χ4v) is 3.65. The van der Waals surface area contributed by atoms with Gasteiger partial charge in [-0.2, -0.15) is 0 Å². The number of hydrogen-bond acceptors (Lipinski definition) is 3. The van der Waals surface area contributed by atoms with Crippen LogP contribution >= 0.6 is 11.6 Å². The SMILES string of the molecule is COCCOc1ccc(C(N)=O)c(-c2cc(C(C[NH-])c3ccccc3)ccc2Cl)c1F. The Morgan fingerprint density at radius 1 is 1.10 bits per heavy atom. The Hall–Kier alpha value is -2.93. The number of hydrogen-bond donors (Lipinski definition) is 1. The van der Waals surface area contributed by atoms with E-state index < -0.39 is 11.7 Å². The highest BCUT2D eigenvalue weighted by Gasteiger charge is 2.22. The zero-order chi connectivity index (χ0) is 22.4. The summed E-state index contributed by atoms with van der Waals surface area (Å²) in [7, 11) is 1.52. The molecule has 3 aromatic rings. The molecule has 0 aliphatic carbocycles. The summed E-state index contributed by atoms with van der Waals surface area (Å²) in [6.45, 7) is 0.521. The monoisotopic (exact) mass is 441 g/mol. The van der Waals surface area contributed by atoms with Gasteiger partial charge in [-0.15, -0.1) is 6.54 Å². The van der Waals surface area contributed by atoms with Crippen LogP contribution < -0.4 is 10.5 Å². The Morgan fingerprint density at radius 2 is 1.84 bits per heavy atom. The molecule has 3 aromatic carbocycles. The Labute approximate surface area is 185 Å². The first-order valence-electron chi connectivity index (χ1n) is 9.71.